The van der Waals surface area contributed by atoms with Gasteiger partial charge in [0.25, 0.3) is 0 Å². The summed E-state index contributed by atoms with van der Waals surface area (Å²) in [4.78, 5) is 13.9. The number of nitrogens with zero attached hydrogens (tertiary/aromatic N) is 1. The second kappa shape index (κ2) is 6.90. The fourth-order valence-corrected chi connectivity index (χ4v) is 2.40. The van der Waals surface area contributed by atoms with E-state index < -0.39 is 6.10 Å². The molecule has 104 valence electrons. The third-order valence-electron chi connectivity index (χ3n) is 3.69. The summed E-state index contributed by atoms with van der Waals surface area (Å²) in [5, 5.41) is 0. The minimum absolute atomic E-state index is 0.0567. The largest absolute Gasteiger partial charge is 0.467 e. The van der Waals surface area contributed by atoms with Crippen LogP contribution in [-0.4, -0.2) is 49.3 Å². The lowest BCUT2D eigenvalue weighted by Crippen LogP contribution is -2.54. The molecule has 4 nitrogen and oxygen atoms in total. The normalized spacial score (nSPS) is 28.4. The maximum Gasteiger partial charge on any atom is 0.336 e. The van der Waals surface area contributed by atoms with E-state index in [0.29, 0.717) is 18.5 Å². The van der Waals surface area contributed by atoms with Gasteiger partial charge in [-0.2, -0.15) is 0 Å². The first-order chi connectivity index (χ1) is 8.49. The zero-order valence-electron chi connectivity index (χ0n) is 11.9. The summed E-state index contributed by atoms with van der Waals surface area (Å²) >= 11 is 0. The smallest absolute Gasteiger partial charge is 0.336 e. The maximum atomic E-state index is 11.6. The number of esters is 1. The lowest BCUT2D eigenvalue weighted by Gasteiger charge is -2.40. The molecule has 0 aromatic heterocycles. The predicted octanol–water partition coefficient (Wildman–Crippen LogP) is 1.85. The first-order valence-corrected chi connectivity index (χ1v) is 6.57. The topological polar surface area (TPSA) is 38.8 Å². The molecule has 0 saturated carbocycles. The SMILES string of the molecule is C=CC[C@H](C)[C@H](C)N1C[C@@H](C)O[C@@H](C(=O)OC)C1. The van der Waals surface area contributed by atoms with Crippen molar-refractivity contribution < 1.29 is 14.3 Å². The van der Waals surface area contributed by atoms with Crippen LogP contribution in [-0.2, 0) is 14.3 Å². The molecule has 4 heteroatoms. The molecule has 0 aliphatic carbocycles. The lowest BCUT2D eigenvalue weighted by molar-refractivity contribution is -0.168. The van der Waals surface area contributed by atoms with Crippen molar-refractivity contribution in [3.63, 3.8) is 0 Å². The summed E-state index contributed by atoms with van der Waals surface area (Å²) in [5.41, 5.74) is 0. The van der Waals surface area contributed by atoms with Crippen LogP contribution >= 0.6 is 0 Å². The third-order valence-corrected chi connectivity index (χ3v) is 3.69. The van der Waals surface area contributed by atoms with Crippen LogP contribution in [0.25, 0.3) is 0 Å². The molecule has 1 aliphatic heterocycles. The van der Waals surface area contributed by atoms with Gasteiger partial charge in [0.05, 0.1) is 13.2 Å². The molecule has 0 aromatic rings. The Kier molecular flexibility index (Phi) is 5.82. The van der Waals surface area contributed by atoms with Gasteiger partial charge >= 0.3 is 5.97 Å². The van der Waals surface area contributed by atoms with Crippen LogP contribution in [0.15, 0.2) is 12.7 Å². The Hall–Kier alpha value is -0.870. The van der Waals surface area contributed by atoms with Gasteiger partial charge in [-0.25, -0.2) is 4.79 Å². The molecule has 0 aromatic carbocycles. The van der Waals surface area contributed by atoms with Crippen LogP contribution in [0, 0.1) is 5.92 Å². The van der Waals surface area contributed by atoms with Gasteiger partial charge in [0.2, 0.25) is 0 Å². The average molecular weight is 255 g/mol. The molecular weight excluding hydrogens is 230 g/mol. The van der Waals surface area contributed by atoms with Gasteiger partial charge in [-0.05, 0) is 26.2 Å². The second-order valence-corrected chi connectivity index (χ2v) is 5.15. The Morgan fingerprint density at radius 2 is 2.22 bits per heavy atom. The molecular formula is C14H25NO3. The van der Waals surface area contributed by atoms with Crippen LogP contribution < -0.4 is 0 Å². The van der Waals surface area contributed by atoms with Gasteiger partial charge in [0, 0.05) is 19.1 Å². The number of hydrogen-bond acceptors (Lipinski definition) is 4. The number of morpholine rings is 1. The van der Waals surface area contributed by atoms with Crippen molar-refractivity contribution in [2.75, 3.05) is 20.2 Å². The quantitative estimate of drug-likeness (QED) is 0.555. The molecule has 1 aliphatic rings. The second-order valence-electron chi connectivity index (χ2n) is 5.15. The Morgan fingerprint density at radius 1 is 1.56 bits per heavy atom. The Bertz CT molecular complexity index is 293. The summed E-state index contributed by atoms with van der Waals surface area (Å²) in [6.45, 7) is 11.6. The van der Waals surface area contributed by atoms with Crippen molar-refractivity contribution in [1.29, 1.82) is 0 Å². The van der Waals surface area contributed by atoms with Crippen molar-refractivity contribution in [3.05, 3.63) is 12.7 Å². The molecule has 0 bridgehead atoms. The summed E-state index contributed by atoms with van der Waals surface area (Å²) in [7, 11) is 1.40. The molecule has 1 heterocycles. The summed E-state index contributed by atoms with van der Waals surface area (Å²) in [5.74, 6) is 0.237. The van der Waals surface area contributed by atoms with Gasteiger partial charge < -0.3 is 9.47 Å². The lowest BCUT2D eigenvalue weighted by atomic mass is 9.97. The minimum Gasteiger partial charge on any atom is -0.467 e. The van der Waals surface area contributed by atoms with Crippen LogP contribution in [0.4, 0.5) is 0 Å². The minimum atomic E-state index is -0.461. The molecule has 0 spiro atoms. The molecule has 0 N–H and O–H groups in total. The van der Waals surface area contributed by atoms with Gasteiger partial charge in [-0.15, -0.1) is 6.58 Å². The highest BCUT2D eigenvalue weighted by Gasteiger charge is 2.34. The van der Waals surface area contributed by atoms with Crippen molar-refractivity contribution in [3.8, 4) is 0 Å². The summed E-state index contributed by atoms with van der Waals surface area (Å²) < 4.78 is 10.4. The van der Waals surface area contributed by atoms with E-state index in [4.69, 9.17) is 9.47 Å². The van der Waals surface area contributed by atoms with E-state index in [2.05, 4.69) is 25.3 Å². The highest BCUT2D eigenvalue weighted by molar-refractivity contribution is 5.75. The van der Waals surface area contributed by atoms with Crippen molar-refractivity contribution >= 4 is 5.97 Å². The van der Waals surface area contributed by atoms with Crippen LogP contribution in [0.5, 0.6) is 0 Å². The molecule has 1 rings (SSSR count). The standard InChI is InChI=1S/C14H25NO3/c1-6-7-10(2)12(4)15-8-11(3)18-13(9-15)14(16)17-5/h6,10-13H,1,7-9H2,2-5H3/t10-,11+,12-,13+/m0/s1. The molecule has 1 saturated heterocycles. The highest BCUT2D eigenvalue weighted by Crippen LogP contribution is 2.20. The summed E-state index contributed by atoms with van der Waals surface area (Å²) in [6, 6.07) is 0.404. The first kappa shape index (κ1) is 15.2. The van der Waals surface area contributed by atoms with Crippen LogP contribution in [0.1, 0.15) is 27.2 Å². The van der Waals surface area contributed by atoms with E-state index in [1.165, 1.54) is 7.11 Å². The number of methoxy groups -OCH3 is 1. The van der Waals surface area contributed by atoms with E-state index in [1.807, 2.05) is 13.0 Å². The van der Waals surface area contributed by atoms with E-state index in [1.54, 1.807) is 0 Å². The fraction of sp³-hybridized carbons (Fsp3) is 0.786. The predicted molar refractivity (Wildman–Crippen MR) is 71.4 cm³/mol. The number of ether oxygens (including phenoxy) is 2. The Balaban J connectivity index is 2.64. The Morgan fingerprint density at radius 3 is 2.78 bits per heavy atom. The number of carbonyl (C=O) groups excluding carboxylic acids is 1. The molecule has 4 atom stereocenters. The van der Waals surface area contributed by atoms with E-state index in [0.717, 1.165) is 13.0 Å². The van der Waals surface area contributed by atoms with E-state index in [-0.39, 0.29) is 12.1 Å². The van der Waals surface area contributed by atoms with E-state index in [9.17, 15) is 4.79 Å². The third kappa shape index (κ3) is 3.82. The van der Waals surface area contributed by atoms with E-state index >= 15 is 0 Å². The number of rotatable bonds is 5. The van der Waals surface area contributed by atoms with Gasteiger partial charge in [-0.1, -0.05) is 13.0 Å². The number of hydrogen-bond donors (Lipinski definition) is 0. The van der Waals surface area contributed by atoms with Gasteiger partial charge in [0.1, 0.15) is 0 Å². The molecule has 0 amide bonds. The highest BCUT2D eigenvalue weighted by atomic mass is 16.6. The summed E-state index contributed by atoms with van der Waals surface area (Å²) in [6.07, 6.45) is 2.52. The molecule has 0 unspecified atom stereocenters. The molecule has 18 heavy (non-hydrogen) atoms. The molecule has 1 fully saturated rings. The Labute approximate surface area is 110 Å². The maximum absolute atomic E-state index is 11.6. The van der Waals surface area contributed by atoms with Crippen molar-refractivity contribution in [2.24, 2.45) is 5.92 Å². The number of carbonyl (C=O) groups is 1. The zero-order chi connectivity index (χ0) is 13.7. The van der Waals surface area contributed by atoms with Crippen molar-refractivity contribution in [2.45, 2.75) is 45.4 Å². The fourth-order valence-electron chi connectivity index (χ4n) is 2.40. The van der Waals surface area contributed by atoms with Gasteiger partial charge in [-0.3, -0.25) is 4.90 Å². The monoisotopic (exact) mass is 255 g/mol. The molecule has 0 radical (unpaired) electrons. The van der Waals surface area contributed by atoms with Crippen LogP contribution in [0.3, 0.4) is 0 Å². The van der Waals surface area contributed by atoms with Crippen LogP contribution in [0.2, 0.25) is 0 Å². The number of allylic oxidation sites excluding steroid dienone is 1. The first-order valence-electron chi connectivity index (χ1n) is 6.57. The average Bonchev–Trinajstić information content (AvgIpc) is 2.36. The van der Waals surface area contributed by atoms with Crippen molar-refractivity contribution in [1.82, 2.24) is 4.90 Å². The van der Waals surface area contributed by atoms with Gasteiger partial charge in [0.15, 0.2) is 6.10 Å². The zero-order valence-corrected chi connectivity index (χ0v) is 11.9.